The highest BCUT2D eigenvalue weighted by Crippen LogP contribution is 2.28. The molecular weight excluding hydrogens is 200 g/mol. The molecule has 0 amide bonds. The van der Waals surface area contributed by atoms with E-state index in [0.29, 0.717) is 12.0 Å². The topological polar surface area (TPSA) is 38.5 Å². The summed E-state index contributed by atoms with van der Waals surface area (Å²) in [6, 6.07) is 1.17. The summed E-state index contributed by atoms with van der Waals surface area (Å²) in [7, 11) is 0. The van der Waals surface area contributed by atoms with Crippen LogP contribution in [-0.2, 0) is 4.74 Å². The maximum absolute atomic E-state index is 6.30. The Bertz CT molecular complexity index is 200. The van der Waals surface area contributed by atoms with E-state index in [1.54, 1.807) is 0 Å². The molecule has 94 valence electrons. The van der Waals surface area contributed by atoms with Crippen LogP contribution in [0.1, 0.15) is 39.0 Å². The van der Waals surface area contributed by atoms with Crippen LogP contribution in [0.4, 0.5) is 0 Å². The third kappa shape index (κ3) is 3.44. The normalized spacial score (nSPS) is 27.6. The van der Waals surface area contributed by atoms with E-state index in [9.17, 15) is 0 Å². The Morgan fingerprint density at radius 3 is 2.75 bits per heavy atom. The first-order valence-corrected chi connectivity index (χ1v) is 6.88. The van der Waals surface area contributed by atoms with E-state index >= 15 is 0 Å². The second kappa shape index (κ2) is 5.99. The Labute approximate surface area is 99.3 Å². The average Bonchev–Trinajstić information content (AvgIpc) is 2.98. The van der Waals surface area contributed by atoms with Crippen molar-refractivity contribution in [1.29, 1.82) is 0 Å². The summed E-state index contributed by atoms with van der Waals surface area (Å²) in [5, 5.41) is 0. The second-order valence-electron chi connectivity index (χ2n) is 5.37. The van der Waals surface area contributed by atoms with Crippen molar-refractivity contribution in [3.8, 4) is 0 Å². The average molecular weight is 226 g/mol. The highest BCUT2D eigenvalue weighted by molar-refractivity contribution is 4.88. The number of unbranched alkanes of at least 4 members (excludes halogenated alkanes) is 1. The lowest BCUT2D eigenvalue weighted by Crippen LogP contribution is -2.43. The Morgan fingerprint density at radius 2 is 2.19 bits per heavy atom. The van der Waals surface area contributed by atoms with Crippen molar-refractivity contribution in [1.82, 2.24) is 4.90 Å². The van der Waals surface area contributed by atoms with Gasteiger partial charge < -0.3 is 10.5 Å². The molecule has 0 bridgehead atoms. The minimum absolute atomic E-state index is 0.319. The zero-order valence-corrected chi connectivity index (χ0v) is 10.5. The molecule has 2 fully saturated rings. The first kappa shape index (κ1) is 12.3. The number of ether oxygens (including phenoxy) is 1. The number of nitrogens with two attached hydrogens (primary N) is 1. The maximum atomic E-state index is 6.30. The first-order chi connectivity index (χ1) is 7.81. The predicted octanol–water partition coefficient (Wildman–Crippen LogP) is 1.61. The van der Waals surface area contributed by atoms with Crippen LogP contribution in [-0.4, -0.2) is 43.3 Å². The highest BCUT2D eigenvalue weighted by atomic mass is 16.5. The molecule has 1 aliphatic carbocycles. The summed E-state index contributed by atoms with van der Waals surface area (Å²) in [5.41, 5.74) is 6.30. The van der Waals surface area contributed by atoms with E-state index in [1.807, 2.05) is 0 Å². The fraction of sp³-hybridized carbons (Fsp3) is 1.00. The van der Waals surface area contributed by atoms with Gasteiger partial charge in [0, 0.05) is 31.2 Å². The minimum Gasteiger partial charge on any atom is -0.381 e. The molecule has 1 heterocycles. The van der Waals surface area contributed by atoms with Crippen LogP contribution < -0.4 is 5.73 Å². The lowest BCUT2D eigenvalue weighted by Gasteiger charge is -2.27. The lowest BCUT2D eigenvalue weighted by molar-refractivity contribution is 0.167. The molecule has 16 heavy (non-hydrogen) atoms. The van der Waals surface area contributed by atoms with Gasteiger partial charge >= 0.3 is 0 Å². The van der Waals surface area contributed by atoms with Gasteiger partial charge in [0.15, 0.2) is 0 Å². The maximum Gasteiger partial charge on any atom is 0.0510 e. The van der Waals surface area contributed by atoms with E-state index in [2.05, 4.69) is 11.8 Å². The summed E-state index contributed by atoms with van der Waals surface area (Å²) >= 11 is 0. The fourth-order valence-electron chi connectivity index (χ4n) is 2.53. The highest BCUT2D eigenvalue weighted by Gasteiger charge is 2.32. The zero-order chi connectivity index (χ0) is 11.4. The van der Waals surface area contributed by atoms with Crippen LogP contribution in [0.15, 0.2) is 0 Å². The van der Waals surface area contributed by atoms with Crippen molar-refractivity contribution in [2.75, 3.05) is 26.3 Å². The Balaban J connectivity index is 1.74. The third-order valence-corrected chi connectivity index (χ3v) is 3.88. The van der Waals surface area contributed by atoms with Gasteiger partial charge in [0.05, 0.1) is 6.61 Å². The molecule has 2 rings (SSSR count). The summed E-state index contributed by atoms with van der Waals surface area (Å²) in [5.74, 6) is 0.600. The van der Waals surface area contributed by atoms with Crippen LogP contribution in [0.25, 0.3) is 0 Å². The molecule has 3 nitrogen and oxygen atoms in total. The smallest absolute Gasteiger partial charge is 0.0510 e. The second-order valence-corrected chi connectivity index (χ2v) is 5.37. The molecule has 3 heteroatoms. The third-order valence-electron chi connectivity index (χ3n) is 3.88. The summed E-state index contributed by atoms with van der Waals surface area (Å²) in [6.07, 6.45) is 6.53. The number of nitrogens with zero attached hydrogens (tertiary/aromatic N) is 1. The molecule has 1 saturated heterocycles. The summed E-state index contributed by atoms with van der Waals surface area (Å²) < 4.78 is 5.42. The van der Waals surface area contributed by atoms with Gasteiger partial charge in [0.2, 0.25) is 0 Å². The lowest BCUT2D eigenvalue weighted by atomic mass is 9.99. The predicted molar refractivity (Wildman–Crippen MR) is 66.4 cm³/mol. The Kier molecular flexibility index (Phi) is 4.62. The van der Waals surface area contributed by atoms with E-state index in [1.165, 1.54) is 32.2 Å². The molecule has 2 aliphatic rings. The number of hydrogen-bond donors (Lipinski definition) is 1. The summed E-state index contributed by atoms with van der Waals surface area (Å²) in [4.78, 5) is 2.62. The van der Waals surface area contributed by atoms with Crippen LogP contribution in [0.5, 0.6) is 0 Å². The molecule has 0 spiro atoms. The molecule has 0 aromatic heterocycles. The summed E-state index contributed by atoms with van der Waals surface area (Å²) in [6.45, 7) is 6.38. The SMILES string of the molecule is CCCCN(CC(N)C1CCOC1)C1CC1. The molecular formula is C13H26N2O. The van der Waals surface area contributed by atoms with Crippen LogP contribution >= 0.6 is 0 Å². The Hall–Kier alpha value is -0.120. The molecule has 1 saturated carbocycles. The van der Waals surface area contributed by atoms with E-state index in [-0.39, 0.29) is 0 Å². The molecule has 2 unspecified atom stereocenters. The van der Waals surface area contributed by atoms with Gasteiger partial charge in [-0.15, -0.1) is 0 Å². The molecule has 0 aromatic rings. The van der Waals surface area contributed by atoms with Gasteiger partial charge in [-0.3, -0.25) is 4.90 Å². The zero-order valence-electron chi connectivity index (χ0n) is 10.5. The van der Waals surface area contributed by atoms with Crippen LogP contribution in [0.2, 0.25) is 0 Å². The number of rotatable bonds is 7. The van der Waals surface area contributed by atoms with Gasteiger partial charge in [0.25, 0.3) is 0 Å². The van der Waals surface area contributed by atoms with Crippen molar-refractivity contribution in [2.24, 2.45) is 11.7 Å². The van der Waals surface area contributed by atoms with Gasteiger partial charge in [0.1, 0.15) is 0 Å². The molecule has 2 atom stereocenters. The van der Waals surface area contributed by atoms with Crippen molar-refractivity contribution in [3.05, 3.63) is 0 Å². The van der Waals surface area contributed by atoms with Crippen LogP contribution in [0, 0.1) is 5.92 Å². The van der Waals surface area contributed by atoms with Crippen LogP contribution in [0.3, 0.4) is 0 Å². The molecule has 2 N–H and O–H groups in total. The van der Waals surface area contributed by atoms with Gasteiger partial charge in [-0.05, 0) is 32.2 Å². The molecule has 1 aliphatic heterocycles. The van der Waals surface area contributed by atoms with Gasteiger partial charge in [-0.1, -0.05) is 13.3 Å². The van der Waals surface area contributed by atoms with Gasteiger partial charge in [-0.2, -0.15) is 0 Å². The monoisotopic (exact) mass is 226 g/mol. The number of hydrogen-bond acceptors (Lipinski definition) is 3. The molecule has 0 aromatic carbocycles. The Morgan fingerprint density at radius 1 is 1.38 bits per heavy atom. The van der Waals surface area contributed by atoms with Crippen molar-refractivity contribution >= 4 is 0 Å². The van der Waals surface area contributed by atoms with Crippen molar-refractivity contribution < 1.29 is 4.74 Å². The first-order valence-electron chi connectivity index (χ1n) is 6.88. The van der Waals surface area contributed by atoms with E-state index in [4.69, 9.17) is 10.5 Å². The van der Waals surface area contributed by atoms with Crippen molar-refractivity contribution in [2.45, 2.75) is 51.1 Å². The minimum atomic E-state index is 0.319. The quantitative estimate of drug-likeness (QED) is 0.717. The van der Waals surface area contributed by atoms with Crippen molar-refractivity contribution in [3.63, 3.8) is 0 Å². The fourth-order valence-corrected chi connectivity index (χ4v) is 2.53. The molecule has 0 radical (unpaired) electrons. The largest absolute Gasteiger partial charge is 0.381 e. The van der Waals surface area contributed by atoms with E-state index in [0.717, 1.165) is 32.2 Å². The van der Waals surface area contributed by atoms with Gasteiger partial charge in [-0.25, -0.2) is 0 Å². The standard InChI is InChI=1S/C13H26N2O/c1-2-3-7-15(12-4-5-12)9-13(14)11-6-8-16-10-11/h11-13H,2-10,14H2,1H3. The van der Waals surface area contributed by atoms with E-state index < -0.39 is 0 Å².